The van der Waals surface area contributed by atoms with Gasteiger partial charge in [0, 0.05) is 12.4 Å². The molecule has 6 heteroatoms. The van der Waals surface area contributed by atoms with E-state index in [-0.39, 0.29) is 11.4 Å². The van der Waals surface area contributed by atoms with Crippen molar-refractivity contribution in [3.63, 3.8) is 0 Å². The average Bonchev–Trinajstić information content (AvgIpc) is 2.64. The second-order valence-corrected chi connectivity index (χ2v) is 2.87. The van der Waals surface area contributed by atoms with Crippen molar-refractivity contribution < 1.29 is 10.2 Å². The van der Waals surface area contributed by atoms with Gasteiger partial charge in [-0.2, -0.15) is 0 Å². The van der Waals surface area contributed by atoms with E-state index in [1.165, 1.54) is 4.40 Å². The van der Waals surface area contributed by atoms with Gasteiger partial charge in [-0.25, -0.2) is 0 Å². The largest absolute Gasteiger partial charge is 0.503 e. The van der Waals surface area contributed by atoms with Gasteiger partial charge in [0.05, 0.1) is 12.3 Å². The maximum atomic E-state index is 11.3. The molecule has 5 N–H and O–H groups in total. The Kier molecular flexibility index (Phi) is 1.71. The topological polar surface area (TPSA) is 104 Å². The number of nitrogen functional groups attached to an aromatic ring is 1. The summed E-state index contributed by atoms with van der Waals surface area (Å²) < 4.78 is 1.44. The van der Waals surface area contributed by atoms with E-state index in [2.05, 4.69) is 4.98 Å². The molecular weight excluding hydrogens is 186 g/mol. The first-order valence-electron chi connectivity index (χ1n) is 3.96. The first-order valence-corrected chi connectivity index (χ1v) is 3.96. The molecule has 0 saturated carbocycles. The zero-order valence-corrected chi connectivity index (χ0v) is 7.19. The number of aromatic hydroxyl groups is 1. The summed E-state index contributed by atoms with van der Waals surface area (Å²) in [5.74, 6) is -0.512. The van der Waals surface area contributed by atoms with E-state index >= 15 is 0 Å². The Hall–Kier alpha value is -1.95. The highest BCUT2D eigenvalue weighted by atomic mass is 16.3. The molecule has 0 aliphatic heterocycles. The molecule has 0 spiro atoms. The van der Waals surface area contributed by atoms with Gasteiger partial charge < -0.3 is 20.9 Å². The quantitative estimate of drug-likeness (QED) is 0.488. The Labute approximate surface area is 78.2 Å². The average molecular weight is 195 g/mol. The van der Waals surface area contributed by atoms with Crippen LogP contribution in [0.15, 0.2) is 17.2 Å². The summed E-state index contributed by atoms with van der Waals surface area (Å²) >= 11 is 0. The van der Waals surface area contributed by atoms with Gasteiger partial charge in [-0.05, 0) is 0 Å². The Bertz CT molecular complexity index is 540. The number of nitrogens with one attached hydrogen (secondary N) is 1. The van der Waals surface area contributed by atoms with Crippen molar-refractivity contribution in [3.8, 4) is 5.75 Å². The van der Waals surface area contributed by atoms with Gasteiger partial charge in [0.2, 0.25) is 5.43 Å². The number of rotatable bonds is 1. The van der Waals surface area contributed by atoms with Crippen molar-refractivity contribution in [2.45, 2.75) is 6.61 Å². The summed E-state index contributed by atoms with van der Waals surface area (Å²) in [7, 11) is 0. The highest BCUT2D eigenvalue weighted by Gasteiger charge is 2.14. The maximum Gasteiger partial charge on any atom is 0.248 e. The van der Waals surface area contributed by atoms with Crippen LogP contribution in [0.25, 0.3) is 5.65 Å². The molecule has 0 atom stereocenters. The highest BCUT2D eigenvalue weighted by molar-refractivity contribution is 5.67. The third kappa shape index (κ3) is 0.912. The normalized spacial score (nSPS) is 10.9. The van der Waals surface area contributed by atoms with Crippen LogP contribution in [-0.2, 0) is 6.61 Å². The number of pyridine rings is 1. The molecule has 14 heavy (non-hydrogen) atoms. The Morgan fingerprint density at radius 2 is 2.29 bits per heavy atom. The van der Waals surface area contributed by atoms with E-state index in [1.807, 2.05) is 0 Å². The molecule has 2 heterocycles. The second-order valence-electron chi connectivity index (χ2n) is 2.87. The second kappa shape index (κ2) is 2.78. The summed E-state index contributed by atoms with van der Waals surface area (Å²) in [6, 6.07) is 0. The summed E-state index contributed by atoms with van der Waals surface area (Å²) in [6.45, 7) is -0.430. The van der Waals surface area contributed by atoms with Gasteiger partial charge in [0.1, 0.15) is 11.3 Å². The van der Waals surface area contributed by atoms with Crippen LogP contribution in [-0.4, -0.2) is 19.6 Å². The number of aromatic amines is 1. The van der Waals surface area contributed by atoms with Gasteiger partial charge in [0.25, 0.3) is 0 Å². The third-order valence-corrected chi connectivity index (χ3v) is 2.11. The molecule has 2 aromatic heterocycles. The van der Waals surface area contributed by atoms with Crippen molar-refractivity contribution in [2.24, 2.45) is 0 Å². The molecule has 0 bridgehead atoms. The number of nitrogens with two attached hydrogens (primary N) is 1. The van der Waals surface area contributed by atoms with Gasteiger partial charge in [-0.15, -0.1) is 0 Å². The predicted molar refractivity (Wildman–Crippen MR) is 50.0 cm³/mol. The van der Waals surface area contributed by atoms with E-state index < -0.39 is 17.8 Å². The van der Waals surface area contributed by atoms with E-state index in [0.29, 0.717) is 5.65 Å². The maximum absolute atomic E-state index is 11.3. The Balaban J connectivity index is 3.03. The number of hydrogen-bond donors (Lipinski definition) is 4. The lowest BCUT2D eigenvalue weighted by Gasteiger charge is -2.06. The standard InChI is InChI=1S/C8H9N3O3/c9-5-7(14)6(13)4(3-12)11-2-1-10-8(5)11/h1-2,10,12-13H,3,9H2. The lowest BCUT2D eigenvalue weighted by molar-refractivity contribution is 0.268. The molecular formula is C8H9N3O3. The number of imidazole rings is 1. The van der Waals surface area contributed by atoms with Crippen LogP contribution >= 0.6 is 0 Å². The number of nitrogens with zero attached hydrogens (tertiary/aromatic N) is 1. The SMILES string of the molecule is Nc1c(=O)c(O)c(CO)n2cc[nH]c12. The van der Waals surface area contributed by atoms with Gasteiger partial charge in [-0.3, -0.25) is 9.20 Å². The van der Waals surface area contributed by atoms with Crippen molar-refractivity contribution >= 4 is 11.3 Å². The molecule has 0 amide bonds. The smallest absolute Gasteiger partial charge is 0.248 e. The number of anilines is 1. The minimum atomic E-state index is -0.670. The van der Waals surface area contributed by atoms with E-state index in [0.717, 1.165) is 0 Å². The third-order valence-electron chi connectivity index (χ3n) is 2.11. The molecule has 2 rings (SSSR count). The van der Waals surface area contributed by atoms with Crippen LogP contribution in [0.2, 0.25) is 0 Å². The summed E-state index contributed by atoms with van der Waals surface area (Å²) in [5, 5.41) is 18.4. The fraction of sp³-hybridized carbons (Fsp3) is 0.125. The zero-order chi connectivity index (χ0) is 10.3. The van der Waals surface area contributed by atoms with Gasteiger partial charge in [0.15, 0.2) is 5.75 Å². The van der Waals surface area contributed by atoms with Crippen molar-refractivity contribution in [3.05, 3.63) is 28.3 Å². The molecule has 0 aliphatic carbocycles. The predicted octanol–water partition coefficient (Wildman–Crippen LogP) is -0.592. The van der Waals surface area contributed by atoms with Crippen LogP contribution in [0.5, 0.6) is 5.75 Å². The Morgan fingerprint density at radius 1 is 1.57 bits per heavy atom. The molecule has 0 aliphatic rings. The van der Waals surface area contributed by atoms with Crippen molar-refractivity contribution in [2.75, 3.05) is 5.73 Å². The first-order chi connectivity index (χ1) is 6.66. The number of hydrogen-bond acceptors (Lipinski definition) is 4. The molecule has 0 saturated heterocycles. The van der Waals surface area contributed by atoms with Crippen molar-refractivity contribution in [1.29, 1.82) is 0 Å². The van der Waals surface area contributed by atoms with E-state index in [1.54, 1.807) is 12.4 Å². The summed E-state index contributed by atoms with van der Waals surface area (Å²) in [4.78, 5) is 14.1. The zero-order valence-electron chi connectivity index (χ0n) is 7.19. The molecule has 2 aromatic rings. The fourth-order valence-corrected chi connectivity index (χ4v) is 1.40. The number of aromatic nitrogens is 2. The van der Waals surface area contributed by atoms with E-state index in [9.17, 15) is 9.90 Å². The highest BCUT2D eigenvalue weighted by Crippen LogP contribution is 2.18. The lowest BCUT2D eigenvalue weighted by atomic mass is 10.3. The first kappa shape index (κ1) is 8.64. The van der Waals surface area contributed by atoms with Crippen LogP contribution in [0, 0.1) is 0 Å². The van der Waals surface area contributed by atoms with Crippen LogP contribution in [0.1, 0.15) is 5.69 Å². The van der Waals surface area contributed by atoms with Crippen LogP contribution < -0.4 is 11.2 Å². The number of aliphatic hydroxyl groups is 1. The summed E-state index contributed by atoms with van der Waals surface area (Å²) in [5.41, 5.74) is 5.24. The number of aliphatic hydroxyl groups excluding tert-OH is 1. The van der Waals surface area contributed by atoms with Crippen LogP contribution in [0.3, 0.4) is 0 Å². The van der Waals surface area contributed by atoms with Crippen molar-refractivity contribution in [1.82, 2.24) is 9.38 Å². The molecule has 0 aromatic carbocycles. The molecule has 6 nitrogen and oxygen atoms in total. The lowest BCUT2D eigenvalue weighted by Crippen LogP contribution is -2.14. The summed E-state index contributed by atoms with van der Waals surface area (Å²) in [6.07, 6.45) is 3.13. The minimum Gasteiger partial charge on any atom is -0.503 e. The van der Waals surface area contributed by atoms with Gasteiger partial charge in [-0.1, -0.05) is 0 Å². The van der Waals surface area contributed by atoms with E-state index in [4.69, 9.17) is 10.8 Å². The molecule has 0 unspecified atom stereocenters. The van der Waals surface area contributed by atoms with Crippen LogP contribution in [0.4, 0.5) is 5.69 Å². The minimum absolute atomic E-state index is 0.0651. The molecule has 74 valence electrons. The molecule has 0 radical (unpaired) electrons. The monoisotopic (exact) mass is 195 g/mol. The fourth-order valence-electron chi connectivity index (χ4n) is 1.40. The number of H-pyrrole nitrogens is 1. The Morgan fingerprint density at radius 3 is 2.93 bits per heavy atom. The number of fused-ring (bicyclic) bond motifs is 1. The molecule has 0 fully saturated rings. The van der Waals surface area contributed by atoms with Gasteiger partial charge >= 0.3 is 0 Å².